The van der Waals surface area contributed by atoms with Gasteiger partial charge >= 0.3 is 5.97 Å². The first-order chi connectivity index (χ1) is 12.9. The number of nitrogens with zero attached hydrogens (tertiary/aromatic N) is 2. The van der Waals surface area contributed by atoms with Gasteiger partial charge in [-0.15, -0.1) is 11.8 Å². The van der Waals surface area contributed by atoms with Gasteiger partial charge < -0.3 is 9.64 Å². The molecule has 1 unspecified atom stereocenters. The van der Waals surface area contributed by atoms with Crippen LogP contribution in [0.1, 0.15) is 15.9 Å². The summed E-state index contributed by atoms with van der Waals surface area (Å²) in [4.78, 5) is 26.4. The molecule has 2 saturated heterocycles. The van der Waals surface area contributed by atoms with E-state index in [-0.39, 0.29) is 16.7 Å². The van der Waals surface area contributed by atoms with Gasteiger partial charge in [-0.25, -0.2) is 13.2 Å². The molecule has 1 aromatic carbocycles. The van der Waals surface area contributed by atoms with Crippen LogP contribution in [-0.2, 0) is 19.6 Å². The van der Waals surface area contributed by atoms with Gasteiger partial charge in [-0.2, -0.15) is 16.1 Å². The first-order valence-electron chi connectivity index (χ1n) is 8.51. The third kappa shape index (κ3) is 4.13. The van der Waals surface area contributed by atoms with E-state index in [2.05, 4.69) is 4.74 Å². The highest BCUT2D eigenvalue weighted by atomic mass is 32.2. The van der Waals surface area contributed by atoms with E-state index in [1.165, 1.54) is 41.4 Å². The van der Waals surface area contributed by atoms with Gasteiger partial charge in [0.15, 0.2) is 0 Å². The van der Waals surface area contributed by atoms with Crippen LogP contribution in [0.2, 0.25) is 0 Å². The molecule has 3 rings (SSSR count). The Bertz CT molecular complexity index is 837. The molecule has 1 atom stereocenters. The van der Waals surface area contributed by atoms with Crippen LogP contribution in [0.4, 0.5) is 0 Å². The van der Waals surface area contributed by atoms with Crippen molar-refractivity contribution in [2.75, 3.05) is 43.3 Å². The smallest absolute Gasteiger partial charge is 0.337 e. The molecule has 2 aliphatic rings. The molecule has 1 amide bonds. The fourth-order valence-electron chi connectivity index (χ4n) is 3.16. The molecule has 0 saturated carbocycles. The molecule has 1 aromatic rings. The van der Waals surface area contributed by atoms with Crippen molar-refractivity contribution in [3.63, 3.8) is 0 Å². The van der Waals surface area contributed by atoms with Crippen LogP contribution >= 0.6 is 23.5 Å². The number of carbonyl (C=O) groups is 2. The molecule has 0 bridgehead atoms. The van der Waals surface area contributed by atoms with E-state index in [0.717, 1.165) is 11.5 Å². The van der Waals surface area contributed by atoms with Gasteiger partial charge in [-0.05, 0) is 30.7 Å². The maximum Gasteiger partial charge on any atom is 0.337 e. The van der Waals surface area contributed by atoms with Crippen LogP contribution in [0.3, 0.4) is 0 Å². The minimum atomic E-state index is -3.84. The van der Waals surface area contributed by atoms with Gasteiger partial charge in [0.25, 0.3) is 0 Å². The molecule has 0 spiro atoms. The summed E-state index contributed by atoms with van der Waals surface area (Å²) in [6, 6.07) is 3.68. The lowest BCUT2D eigenvalue weighted by Crippen LogP contribution is -2.51. The highest BCUT2D eigenvalue weighted by Crippen LogP contribution is 2.31. The molecule has 27 heavy (non-hydrogen) atoms. The Kier molecular flexibility index (Phi) is 6.39. The van der Waals surface area contributed by atoms with Crippen LogP contribution in [0, 0.1) is 6.92 Å². The lowest BCUT2D eigenvalue weighted by atomic mass is 10.1. The van der Waals surface area contributed by atoms with Crippen LogP contribution < -0.4 is 0 Å². The first-order valence-corrected chi connectivity index (χ1v) is 12.3. The third-order valence-electron chi connectivity index (χ3n) is 4.63. The molecular weight excluding hydrogens is 408 g/mol. The average Bonchev–Trinajstić information content (AvgIpc) is 3.18. The van der Waals surface area contributed by atoms with E-state index in [0.29, 0.717) is 30.0 Å². The summed E-state index contributed by atoms with van der Waals surface area (Å²) in [5.74, 6) is 1.84. The zero-order chi connectivity index (χ0) is 19.6. The molecule has 2 fully saturated rings. The topological polar surface area (TPSA) is 84.0 Å². The summed E-state index contributed by atoms with van der Waals surface area (Å²) in [7, 11) is -2.57. The van der Waals surface area contributed by atoms with E-state index in [1.807, 2.05) is 0 Å². The summed E-state index contributed by atoms with van der Waals surface area (Å²) < 4.78 is 32.4. The highest BCUT2D eigenvalue weighted by Gasteiger charge is 2.42. The van der Waals surface area contributed by atoms with Gasteiger partial charge in [0.2, 0.25) is 15.9 Å². The Balaban J connectivity index is 1.87. The van der Waals surface area contributed by atoms with Crippen molar-refractivity contribution in [2.45, 2.75) is 17.9 Å². The number of sulfonamides is 1. The van der Waals surface area contributed by atoms with Crippen LogP contribution in [0.25, 0.3) is 0 Å². The number of hydrogen-bond donors (Lipinski definition) is 0. The van der Waals surface area contributed by atoms with Gasteiger partial charge in [0.1, 0.15) is 6.04 Å². The van der Waals surface area contributed by atoms with Gasteiger partial charge in [0, 0.05) is 30.3 Å². The number of ether oxygens (including phenoxy) is 1. The van der Waals surface area contributed by atoms with Crippen molar-refractivity contribution in [3.8, 4) is 0 Å². The standard InChI is InChI=1S/C17H22N2O5S3/c1-12-9-13(17(21)24-2)3-4-15(12)27(22,23)19-11-26-10-14(19)16(20)18-5-7-25-8-6-18/h3-4,9,14H,5-8,10-11H2,1-2H3. The Morgan fingerprint density at radius 3 is 2.52 bits per heavy atom. The summed E-state index contributed by atoms with van der Waals surface area (Å²) in [5, 5.41) is 0. The molecule has 7 nitrogen and oxygen atoms in total. The SMILES string of the molecule is COC(=O)c1ccc(S(=O)(=O)N2CSCC2C(=O)N2CCSCC2)c(C)c1. The minimum Gasteiger partial charge on any atom is -0.465 e. The number of aryl methyl sites for hydroxylation is 1. The van der Waals surface area contributed by atoms with Crippen molar-refractivity contribution in [1.82, 2.24) is 9.21 Å². The number of carbonyl (C=O) groups excluding carboxylic acids is 2. The van der Waals surface area contributed by atoms with Crippen LogP contribution in [0.5, 0.6) is 0 Å². The minimum absolute atomic E-state index is 0.115. The normalized spacial score (nSPS) is 21.3. The summed E-state index contributed by atoms with van der Waals surface area (Å²) in [6.07, 6.45) is 0. The van der Waals surface area contributed by atoms with Crippen molar-refractivity contribution < 1.29 is 22.7 Å². The van der Waals surface area contributed by atoms with E-state index >= 15 is 0 Å². The monoisotopic (exact) mass is 430 g/mol. The molecule has 10 heteroatoms. The Morgan fingerprint density at radius 2 is 1.89 bits per heavy atom. The van der Waals surface area contributed by atoms with E-state index < -0.39 is 22.0 Å². The predicted octanol–water partition coefficient (Wildman–Crippen LogP) is 1.42. The summed E-state index contributed by atoms with van der Waals surface area (Å²) in [6.45, 7) is 2.96. The average molecular weight is 431 g/mol. The number of thioether (sulfide) groups is 2. The second-order valence-corrected chi connectivity index (χ2v) is 10.4. The molecule has 0 radical (unpaired) electrons. The van der Waals surface area contributed by atoms with Crippen LogP contribution in [0.15, 0.2) is 23.1 Å². The van der Waals surface area contributed by atoms with Crippen LogP contribution in [-0.4, -0.2) is 78.9 Å². The number of rotatable bonds is 4. The maximum absolute atomic E-state index is 13.2. The van der Waals surface area contributed by atoms with Crippen molar-refractivity contribution in [1.29, 1.82) is 0 Å². The lowest BCUT2D eigenvalue weighted by Gasteiger charge is -2.31. The molecule has 0 aliphatic carbocycles. The maximum atomic E-state index is 13.2. The predicted molar refractivity (Wildman–Crippen MR) is 107 cm³/mol. The number of hydrogen-bond acceptors (Lipinski definition) is 7. The number of amides is 1. The molecule has 0 N–H and O–H groups in total. The van der Waals surface area contributed by atoms with Gasteiger partial charge in [-0.1, -0.05) is 0 Å². The van der Waals surface area contributed by atoms with E-state index in [4.69, 9.17) is 0 Å². The largest absolute Gasteiger partial charge is 0.465 e. The van der Waals surface area contributed by atoms with Gasteiger partial charge in [-0.3, -0.25) is 4.79 Å². The first kappa shape index (κ1) is 20.5. The van der Waals surface area contributed by atoms with Gasteiger partial charge in [0.05, 0.1) is 23.4 Å². The molecular formula is C17H22N2O5S3. The fraction of sp³-hybridized carbons (Fsp3) is 0.529. The summed E-state index contributed by atoms with van der Waals surface area (Å²) in [5.41, 5.74) is 0.749. The summed E-state index contributed by atoms with van der Waals surface area (Å²) >= 11 is 3.24. The Hall–Kier alpha value is -1.23. The number of methoxy groups -OCH3 is 1. The van der Waals surface area contributed by atoms with Crippen molar-refractivity contribution >= 4 is 45.4 Å². The fourth-order valence-corrected chi connectivity index (χ4v) is 7.41. The highest BCUT2D eigenvalue weighted by molar-refractivity contribution is 8.00. The van der Waals surface area contributed by atoms with Crippen molar-refractivity contribution in [2.24, 2.45) is 0 Å². The zero-order valence-corrected chi connectivity index (χ0v) is 17.7. The quantitative estimate of drug-likeness (QED) is 0.668. The van der Waals surface area contributed by atoms with E-state index in [1.54, 1.807) is 23.6 Å². The zero-order valence-electron chi connectivity index (χ0n) is 15.2. The second kappa shape index (κ2) is 8.42. The van der Waals surface area contributed by atoms with E-state index in [9.17, 15) is 18.0 Å². The Morgan fingerprint density at radius 1 is 1.19 bits per heavy atom. The molecule has 148 valence electrons. The second-order valence-electron chi connectivity index (χ2n) is 6.32. The lowest BCUT2D eigenvalue weighted by molar-refractivity contribution is -0.133. The Labute approximate surface area is 167 Å². The number of esters is 1. The number of benzene rings is 1. The van der Waals surface area contributed by atoms with Crippen molar-refractivity contribution in [3.05, 3.63) is 29.3 Å². The molecule has 0 aromatic heterocycles. The third-order valence-corrected chi connectivity index (χ3v) is 8.77. The molecule has 2 aliphatic heterocycles. The molecule has 2 heterocycles.